The number of carboxylic acids is 1. The average molecular weight is 299 g/mol. The third-order valence-corrected chi connectivity index (χ3v) is 4.25. The van der Waals surface area contributed by atoms with Crippen LogP contribution in [0.5, 0.6) is 0 Å². The van der Waals surface area contributed by atoms with Crippen molar-refractivity contribution >= 4 is 12.0 Å². The highest BCUT2D eigenvalue weighted by molar-refractivity contribution is 5.86. The maximum absolute atomic E-state index is 12.6. The number of nitrogens with one attached hydrogen (secondary N) is 2. The molecule has 21 heavy (non-hydrogen) atoms. The molecule has 2 saturated heterocycles. The number of carbonyl (C=O) groups excluding carboxylic acids is 1. The molecule has 2 aliphatic rings. The van der Waals surface area contributed by atoms with E-state index in [2.05, 4.69) is 10.6 Å². The predicted molar refractivity (Wildman–Crippen MR) is 77.2 cm³/mol. The first-order chi connectivity index (χ1) is 10.1. The summed E-state index contributed by atoms with van der Waals surface area (Å²) in [6.45, 7) is 4.87. The van der Waals surface area contributed by atoms with Crippen LogP contribution >= 0.6 is 0 Å². The fourth-order valence-corrected chi connectivity index (χ4v) is 2.97. The largest absolute Gasteiger partial charge is 0.479 e. The molecule has 1 atom stereocenters. The Bertz CT molecular complexity index is 376. The van der Waals surface area contributed by atoms with Gasteiger partial charge in [0, 0.05) is 25.6 Å². The van der Waals surface area contributed by atoms with Crippen molar-refractivity contribution < 1.29 is 19.4 Å². The third-order valence-electron chi connectivity index (χ3n) is 4.25. The normalized spacial score (nSPS) is 26.5. The van der Waals surface area contributed by atoms with Crippen molar-refractivity contribution in [3.05, 3.63) is 0 Å². The maximum atomic E-state index is 12.6. The van der Waals surface area contributed by atoms with Crippen LogP contribution in [0.3, 0.4) is 0 Å². The second kappa shape index (κ2) is 7.09. The Hall–Kier alpha value is -1.34. The molecule has 0 radical (unpaired) electrons. The highest BCUT2D eigenvalue weighted by Crippen LogP contribution is 2.21. The number of nitrogens with zero attached hydrogens (tertiary/aromatic N) is 1. The fourth-order valence-electron chi connectivity index (χ4n) is 2.97. The van der Waals surface area contributed by atoms with Crippen molar-refractivity contribution in [1.82, 2.24) is 15.5 Å². The second-order valence-corrected chi connectivity index (χ2v) is 5.79. The molecule has 0 aromatic heterocycles. The molecule has 2 rings (SSSR count). The van der Waals surface area contributed by atoms with Gasteiger partial charge in [-0.15, -0.1) is 0 Å². The summed E-state index contributed by atoms with van der Waals surface area (Å²) in [7, 11) is 0. The Morgan fingerprint density at radius 1 is 1.43 bits per heavy atom. The Morgan fingerprint density at radius 3 is 2.67 bits per heavy atom. The van der Waals surface area contributed by atoms with Crippen molar-refractivity contribution in [1.29, 1.82) is 0 Å². The molecular weight excluding hydrogens is 274 g/mol. The molecule has 3 N–H and O–H groups in total. The van der Waals surface area contributed by atoms with Crippen molar-refractivity contribution in [3.8, 4) is 0 Å². The van der Waals surface area contributed by atoms with E-state index in [0.717, 1.165) is 32.4 Å². The van der Waals surface area contributed by atoms with Gasteiger partial charge in [-0.1, -0.05) is 6.92 Å². The van der Waals surface area contributed by atoms with Gasteiger partial charge < -0.3 is 25.4 Å². The fraction of sp³-hybridized carbons (Fsp3) is 0.857. The molecule has 0 aromatic carbocycles. The number of carbonyl (C=O) groups is 2. The van der Waals surface area contributed by atoms with E-state index in [1.165, 1.54) is 0 Å². The molecule has 2 heterocycles. The molecule has 0 aromatic rings. The molecule has 2 fully saturated rings. The average Bonchev–Trinajstić information content (AvgIpc) is 2.95. The molecule has 7 nitrogen and oxygen atoms in total. The van der Waals surface area contributed by atoms with E-state index in [-0.39, 0.29) is 18.7 Å². The summed E-state index contributed by atoms with van der Waals surface area (Å²) in [5.41, 5.74) is -1.27. The van der Waals surface area contributed by atoms with Gasteiger partial charge in [-0.05, 0) is 32.4 Å². The lowest BCUT2D eigenvalue weighted by atomic mass is 9.99. The zero-order valence-corrected chi connectivity index (χ0v) is 12.6. The summed E-state index contributed by atoms with van der Waals surface area (Å²) >= 11 is 0. The Balaban J connectivity index is 2.05. The smallest absolute Gasteiger partial charge is 0.332 e. The minimum absolute atomic E-state index is 0.0419. The number of rotatable bonds is 5. The lowest BCUT2D eigenvalue weighted by Crippen LogP contribution is -2.60. The van der Waals surface area contributed by atoms with Gasteiger partial charge in [0.25, 0.3) is 0 Å². The van der Waals surface area contributed by atoms with E-state index in [1.807, 2.05) is 6.92 Å². The van der Waals surface area contributed by atoms with Crippen LogP contribution in [-0.4, -0.2) is 66.4 Å². The molecule has 1 unspecified atom stereocenters. The molecule has 120 valence electrons. The molecule has 0 saturated carbocycles. The zero-order chi connectivity index (χ0) is 15.3. The molecule has 0 aliphatic carbocycles. The first-order valence-electron chi connectivity index (χ1n) is 7.70. The van der Waals surface area contributed by atoms with Crippen LogP contribution in [0.4, 0.5) is 4.79 Å². The van der Waals surface area contributed by atoms with Crippen molar-refractivity contribution in [2.45, 2.75) is 44.2 Å². The van der Waals surface area contributed by atoms with E-state index in [0.29, 0.717) is 19.6 Å². The summed E-state index contributed by atoms with van der Waals surface area (Å²) in [6.07, 6.45) is 2.99. The predicted octanol–water partition coefficient (Wildman–Crippen LogP) is 0.404. The summed E-state index contributed by atoms with van der Waals surface area (Å²) in [5, 5.41) is 15.4. The van der Waals surface area contributed by atoms with Gasteiger partial charge in [0.15, 0.2) is 5.54 Å². The summed E-state index contributed by atoms with van der Waals surface area (Å²) in [6, 6.07) is -0.101. The topological polar surface area (TPSA) is 90.9 Å². The summed E-state index contributed by atoms with van der Waals surface area (Å²) in [4.78, 5) is 25.9. The Labute approximate surface area is 125 Å². The highest BCUT2D eigenvalue weighted by Gasteiger charge is 2.45. The van der Waals surface area contributed by atoms with Gasteiger partial charge in [0.1, 0.15) is 0 Å². The van der Waals surface area contributed by atoms with Crippen LogP contribution in [0.15, 0.2) is 0 Å². The first kappa shape index (κ1) is 16.0. The summed E-state index contributed by atoms with van der Waals surface area (Å²) < 4.78 is 5.18. The molecule has 0 spiro atoms. The summed E-state index contributed by atoms with van der Waals surface area (Å²) in [5.74, 6) is -1.02. The minimum Gasteiger partial charge on any atom is -0.479 e. The number of amides is 2. The van der Waals surface area contributed by atoms with Gasteiger partial charge in [0.05, 0.1) is 6.61 Å². The van der Waals surface area contributed by atoms with Crippen molar-refractivity contribution in [2.24, 2.45) is 0 Å². The first-order valence-corrected chi connectivity index (χ1v) is 7.70. The van der Waals surface area contributed by atoms with Crippen LogP contribution in [0.1, 0.15) is 32.6 Å². The Morgan fingerprint density at radius 2 is 2.14 bits per heavy atom. The number of hydrogen-bond acceptors (Lipinski definition) is 4. The van der Waals surface area contributed by atoms with Crippen LogP contribution in [0.2, 0.25) is 0 Å². The van der Waals surface area contributed by atoms with E-state index in [1.54, 1.807) is 4.90 Å². The van der Waals surface area contributed by atoms with Gasteiger partial charge >= 0.3 is 12.0 Å². The van der Waals surface area contributed by atoms with Crippen molar-refractivity contribution in [2.75, 3.05) is 32.8 Å². The minimum atomic E-state index is -1.27. The van der Waals surface area contributed by atoms with Crippen LogP contribution in [0.25, 0.3) is 0 Å². The maximum Gasteiger partial charge on any atom is 0.332 e. The highest BCUT2D eigenvalue weighted by atomic mass is 16.5. The van der Waals surface area contributed by atoms with Gasteiger partial charge in [-0.25, -0.2) is 9.59 Å². The number of ether oxygens (including phenoxy) is 1. The molecule has 2 aliphatic heterocycles. The van der Waals surface area contributed by atoms with Gasteiger partial charge in [-0.2, -0.15) is 0 Å². The van der Waals surface area contributed by atoms with Crippen LogP contribution in [-0.2, 0) is 9.53 Å². The number of hydrogen-bond donors (Lipinski definition) is 3. The molecule has 7 heteroatoms. The second-order valence-electron chi connectivity index (χ2n) is 5.79. The van der Waals surface area contributed by atoms with Gasteiger partial charge in [-0.3, -0.25) is 0 Å². The standard InChI is InChI=1S/C14H25N3O4/c1-2-8-17(11-3-6-15-7-4-11)13(20)16-14(12(18)19)5-9-21-10-14/h11,15H,2-10H2,1H3,(H,16,20)(H,18,19). The Kier molecular flexibility index (Phi) is 5.41. The lowest BCUT2D eigenvalue weighted by molar-refractivity contribution is -0.144. The van der Waals surface area contributed by atoms with E-state index in [4.69, 9.17) is 4.74 Å². The van der Waals surface area contributed by atoms with Crippen molar-refractivity contribution in [3.63, 3.8) is 0 Å². The van der Waals surface area contributed by atoms with Crippen LogP contribution in [0, 0.1) is 0 Å². The molecule has 0 bridgehead atoms. The monoisotopic (exact) mass is 299 g/mol. The van der Waals surface area contributed by atoms with E-state index >= 15 is 0 Å². The SMILES string of the molecule is CCCN(C(=O)NC1(C(=O)O)CCOC1)C1CCNCC1. The lowest BCUT2D eigenvalue weighted by Gasteiger charge is -2.36. The van der Waals surface area contributed by atoms with E-state index in [9.17, 15) is 14.7 Å². The number of urea groups is 1. The zero-order valence-electron chi connectivity index (χ0n) is 12.6. The molecule has 2 amide bonds. The quantitative estimate of drug-likeness (QED) is 0.684. The number of carboxylic acid groups (broad SMARTS) is 1. The molecular formula is C14H25N3O4. The third kappa shape index (κ3) is 3.65. The van der Waals surface area contributed by atoms with E-state index < -0.39 is 11.5 Å². The number of piperidine rings is 1. The van der Waals surface area contributed by atoms with Crippen LogP contribution < -0.4 is 10.6 Å². The number of aliphatic carboxylic acids is 1. The van der Waals surface area contributed by atoms with Gasteiger partial charge in [0.2, 0.25) is 0 Å².